The van der Waals surface area contributed by atoms with Crippen molar-refractivity contribution in [2.24, 2.45) is 9.70 Å². The van der Waals surface area contributed by atoms with E-state index in [4.69, 9.17) is 10.3 Å². The molecule has 0 aliphatic carbocycles. The van der Waals surface area contributed by atoms with Gasteiger partial charge in [-0.15, -0.1) is 4.91 Å². The number of azide groups is 1. The maximum Gasteiger partial charge on any atom is 0.264 e. The molecule has 8 nitrogen and oxygen atoms in total. The Hall–Kier alpha value is -2.90. The zero-order valence-electron chi connectivity index (χ0n) is 11.2. The van der Waals surface area contributed by atoms with E-state index in [1.807, 2.05) is 0 Å². The number of hydrogen-bond donors (Lipinski definition) is 0. The number of rotatable bonds is 6. The molecule has 0 N–H and O–H groups in total. The van der Waals surface area contributed by atoms with Crippen molar-refractivity contribution in [2.75, 3.05) is 0 Å². The number of ether oxygens (including phenoxy) is 1. The third-order valence-corrected chi connectivity index (χ3v) is 3.88. The summed E-state index contributed by atoms with van der Waals surface area (Å²) >= 11 is 0. The Labute approximate surface area is 126 Å². The van der Waals surface area contributed by atoms with E-state index in [1.54, 1.807) is 18.2 Å². The first-order chi connectivity index (χ1) is 10.6. The first kappa shape index (κ1) is 15.5. The fourth-order valence-electron chi connectivity index (χ4n) is 1.67. The van der Waals surface area contributed by atoms with Crippen molar-refractivity contribution in [1.29, 1.82) is 0 Å². The number of sulfonamides is 1. The van der Waals surface area contributed by atoms with Gasteiger partial charge in [0.2, 0.25) is 0 Å². The smallest absolute Gasteiger partial charge is 0.264 e. The topological polar surface area (TPSA) is 122 Å². The SMILES string of the molecule is [N-]=[N+]=NS(=O)(=O)c1ccc(COc2ccccc2N=O)cc1. The van der Waals surface area contributed by atoms with Gasteiger partial charge in [-0.1, -0.05) is 24.3 Å². The van der Waals surface area contributed by atoms with E-state index < -0.39 is 10.0 Å². The molecule has 0 saturated carbocycles. The molecular weight excluding hydrogens is 308 g/mol. The largest absolute Gasteiger partial charge is 0.487 e. The molecule has 0 spiro atoms. The molecule has 0 bridgehead atoms. The highest BCUT2D eigenvalue weighted by atomic mass is 32.2. The van der Waals surface area contributed by atoms with E-state index in [-0.39, 0.29) is 17.2 Å². The predicted molar refractivity (Wildman–Crippen MR) is 79.0 cm³/mol. The van der Waals surface area contributed by atoms with Crippen molar-refractivity contribution in [3.05, 3.63) is 69.4 Å². The van der Waals surface area contributed by atoms with Crippen LogP contribution in [0.15, 0.2) is 63.1 Å². The third-order valence-electron chi connectivity index (χ3n) is 2.72. The normalized spacial score (nSPS) is 10.5. The molecule has 0 saturated heterocycles. The average molecular weight is 318 g/mol. The maximum atomic E-state index is 11.5. The molecule has 0 fully saturated rings. The molecule has 112 valence electrons. The summed E-state index contributed by atoms with van der Waals surface area (Å²) in [6, 6.07) is 12.2. The lowest BCUT2D eigenvalue weighted by Crippen LogP contribution is -1.98. The summed E-state index contributed by atoms with van der Waals surface area (Å²) in [5.41, 5.74) is 9.07. The van der Waals surface area contributed by atoms with Crippen LogP contribution in [0.5, 0.6) is 5.75 Å². The fraction of sp³-hybridized carbons (Fsp3) is 0.0769. The van der Waals surface area contributed by atoms with Gasteiger partial charge in [-0.05, 0) is 40.5 Å². The molecule has 0 heterocycles. The van der Waals surface area contributed by atoms with Gasteiger partial charge in [-0.2, -0.15) is 0 Å². The summed E-state index contributed by atoms with van der Waals surface area (Å²) in [6.45, 7) is 0.133. The van der Waals surface area contributed by atoms with Crippen molar-refractivity contribution in [3.8, 4) is 5.75 Å². The molecule has 2 aromatic rings. The Bertz CT molecular complexity index is 827. The van der Waals surface area contributed by atoms with Crippen molar-refractivity contribution in [3.63, 3.8) is 0 Å². The van der Waals surface area contributed by atoms with Crippen molar-refractivity contribution in [2.45, 2.75) is 11.5 Å². The highest BCUT2D eigenvalue weighted by molar-refractivity contribution is 7.90. The number of benzene rings is 2. The third kappa shape index (κ3) is 3.60. The lowest BCUT2D eigenvalue weighted by Gasteiger charge is -2.07. The number of nitrogens with zero attached hydrogens (tertiary/aromatic N) is 4. The van der Waals surface area contributed by atoms with Crippen molar-refractivity contribution in [1.82, 2.24) is 0 Å². The molecule has 0 radical (unpaired) electrons. The molecule has 0 unspecified atom stereocenters. The van der Waals surface area contributed by atoms with Gasteiger partial charge in [0, 0.05) is 9.43 Å². The molecule has 2 rings (SSSR count). The Balaban J connectivity index is 2.12. The molecule has 9 heteroatoms. The van der Waals surface area contributed by atoms with Crippen LogP contribution in [0.2, 0.25) is 0 Å². The summed E-state index contributed by atoms with van der Waals surface area (Å²) in [5, 5.41) is 2.85. The van der Waals surface area contributed by atoms with E-state index in [1.165, 1.54) is 30.3 Å². The van der Waals surface area contributed by atoms with Crippen LogP contribution in [0.4, 0.5) is 5.69 Å². The van der Waals surface area contributed by atoms with Crippen LogP contribution in [0.3, 0.4) is 0 Å². The molecule has 0 atom stereocenters. The Morgan fingerprint density at radius 2 is 1.77 bits per heavy atom. The average Bonchev–Trinajstić information content (AvgIpc) is 2.53. The van der Waals surface area contributed by atoms with Crippen LogP contribution in [-0.2, 0) is 16.6 Å². The maximum absolute atomic E-state index is 11.5. The summed E-state index contributed by atoms with van der Waals surface area (Å²) in [7, 11) is -3.99. The second-order valence-electron chi connectivity index (χ2n) is 4.14. The van der Waals surface area contributed by atoms with E-state index in [0.29, 0.717) is 11.3 Å². The molecule has 2 aromatic carbocycles. The van der Waals surface area contributed by atoms with Crippen LogP contribution in [0, 0.1) is 4.91 Å². The highest BCUT2D eigenvalue weighted by Gasteiger charge is 2.11. The summed E-state index contributed by atoms with van der Waals surface area (Å²) in [5.74, 6) is 0.336. The Kier molecular flexibility index (Phi) is 4.72. The molecule has 0 aliphatic rings. The fourth-order valence-corrected chi connectivity index (χ4v) is 2.34. The molecule has 0 aliphatic heterocycles. The van der Waals surface area contributed by atoms with Gasteiger partial charge >= 0.3 is 0 Å². The minimum Gasteiger partial charge on any atom is -0.487 e. The predicted octanol–water partition coefficient (Wildman–Crippen LogP) is 3.66. The molecular formula is C13H10N4O4S. The molecule has 0 amide bonds. The lowest BCUT2D eigenvalue weighted by molar-refractivity contribution is 0.307. The second kappa shape index (κ2) is 6.70. The van der Waals surface area contributed by atoms with E-state index in [0.717, 1.165) is 0 Å². The molecule has 0 aromatic heterocycles. The summed E-state index contributed by atoms with van der Waals surface area (Å²) in [6.07, 6.45) is 0. The van der Waals surface area contributed by atoms with Gasteiger partial charge in [-0.3, -0.25) is 0 Å². The van der Waals surface area contributed by atoms with Gasteiger partial charge in [0.25, 0.3) is 10.0 Å². The van der Waals surface area contributed by atoms with Gasteiger partial charge in [0.05, 0.1) is 4.90 Å². The quantitative estimate of drug-likeness (QED) is 0.349. The van der Waals surface area contributed by atoms with E-state index in [9.17, 15) is 13.3 Å². The van der Waals surface area contributed by atoms with E-state index >= 15 is 0 Å². The van der Waals surface area contributed by atoms with Crippen molar-refractivity contribution < 1.29 is 13.2 Å². The summed E-state index contributed by atoms with van der Waals surface area (Å²) in [4.78, 5) is 12.8. The summed E-state index contributed by atoms with van der Waals surface area (Å²) < 4.78 is 31.2. The zero-order chi connectivity index (χ0) is 16.0. The first-order valence-corrected chi connectivity index (χ1v) is 7.46. The van der Waals surface area contributed by atoms with Crippen LogP contribution in [-0.4, -0.2) is 8.42 Å². The standard InChI is InChI=1S/C13H10N4O4S/c14-16-17-22(19,20)11-7-5-10(6-8-11)9-21-13-4-2-1-3-12(13)15-18/h1-8H,9H2. The van der Waals surface area contributed by atoms with Crippen LogP contribution in [0.25, 0.3) is 10.4 Å². The van der Waals surface area contributed by atoms with Gasteiger partial charge in [-0.25, -0.2) is 8.42 Å². The zero-order valence-corrected chi connectivity index (χ0v) is 12.0. The van der Waals surface area contributed by atoms with Crippen LogP contribution in [0.1, 0.15) is 5.56 Å². The minimum absolute atomic E-state index is 0.107. The highest BCUT2D eigenvalue weighted by Crippen LogP contribution is 2.27. The van der Waals surface area contributed by atoms with Gasteiger partial charge in [0.1, 0.15) is 18.0 Å². The first-order valence-electron chi connectivity index (χ1n) is 6.02. The lowest BCUT2D eigenvalue weighted by atomic mass is 10.2. The number of para-hydroxylation sites is 1. The van der Waals surface area contributed by atoms with Crippen LogP contribution >= 0.6 is 0 Å². The second-order valence-corrected chi connectivity index (χ2v) is 5.72. The van der Waals surface area contributed by atoms with Crippen LogP contribution < -0.4 is 4.74 Å². The number of nitroso groups, excluding NO2 is 1. The minimum atomic E-state index is -3.99. The van der Waals surface area contributed by atoms with Crippen molar-refractivity contribution >= 4 is 15.7 Å². The Morgan fingerprint density at radius 3 is 2.41 bits per heavy atom. The monoisotopic (exact) mass is 318 g/mol. The van der Waals surface area contributed by atoms with Gasteiger partial charge in [0.15, 0.2) is 0 Å². The Morgan fingerprint density at radius 1 is 1.09 bits per heavy atom. The van der Waals surface area contributed by atoms with E-state index in [2.05, 4.69) is 14.6 Å². The number of hydrogen-bond acceptors (Lipinski definition) is 5. The molecule has 22 heavy (non-hydrogen) atoms. The van der Waals surface area contributed by atoms with Gasteiger partial charge < -0.3 is 4.74 Å².